The van der Waals surface area contributed by atoms with Gasteiger partial charge in [-0.2, -0.15) is 0 Å². The molecule has 7 heteroatoms. The lowest BCUT2D eigenvalue weighted by Crippen LogP contribution is -2.33. The monoisotopic (exact) mass is 350 g/mol. The third-order valence-corrected chi connectivity index (χ3v) is 4.21. The Hall–Kier alpha value is -2.09. The van der Waals surface area contributed by atoms with Crippen LogP contribution in [0, 0.1) is 6.92 Å². The summed E-state index contributed by atoms with van der Waals surface area (Å²) in [5.74, 6) is 0.205. The van der Waals surface area contributed by atoms with Crippen LogP contribution in [0.25, 0.3) is 0 Å². The second-order valence-corrected chi connectivity index (χ2v) is 6.18. The van der Waals surface area contributed by atoms with Crippen LogP contribution in [0.4, 0.5) is 0 Å². The number of aryl methyl sites for hydroxylation is 1. The average molecular weight is 350 g/mol. The Labute approximate surface area is 145 Å². The molecule has 0 fully saturated rings. The van der Waals surface area contributed by atoms with Crippen molar-refractivity contribution in [3.8, 4) is 10.8 Å². The molecule has 1 aromatic carbocycles. The van der Waals surface area contributed by atoms with Crippen LogP contribution in [-0.4, -0.2) is 43.4 Å². The number of hydrogen-bond acceptors (Lipinski definition) is 6. The molecule has 6 nitrogen and oxygen atoms in total. The molecule has 1 amide bonds. The van der Waals surface area contributed by atoms with E-state index in [1.54, 1.807) is 24.3 Å². The summed E-state index contributed by atoms with van der Waals surface area (Å²) in [7, 11) is 0. The Bertz CT molecular complexity index is 642. The molecule has 1 aromatic heterocycles. The lowest BCUT2D eigenvalue weighted by atomic mass is 10.2. The van der Waals surface area contributed by atoms with Gasteiger partial charge in [0.2, 0.25) is 5.91 Å². The van der Waals surface area contributed by atoms with E-state index in [0.717, 1.165) is 10.6 Å². The smallest absolute Gasteiger partial charge is 0.248 e. The largest absolute Gasteiger partial charge is 0.492 e. The summed E-state index contributed by atoms with van der Waals surface area (Å²) in [6, 6.07) is 8.63. The highest BCUT2D eigenvalue weighted by Gasteiger charge is 2.07. The molecular formula is C17H22N2O4S. The number of benzene rings is 1. The average Bonchev–Trinajstić information content (AvgIpc) is 2.98. The van der Waals surface area contributed by atoms with Crippen LogP contribution in [0.1, 0.15) is 15.9 Å². The minimum atomic E-state index is -0.582. The number of nitrogens with two attached hydrogens (primary N) is 1. The molecule has 0 radical (unpaired) electrons. The van der Waals surface area contributed by atoms with E-state index >= 15 is 0 Å². The van der Waals surface area contributed by atoms with E-state index in [1.165, 1.54) is 11.3 Å². The van der Waals surface area contributed by atoms with Crippen LogP contribution in [0.5, 0.6) is 10.8 Å². The normalized spacial score (nSPS) is 11.9. The van der Waals surface area contributed by atoms with Crippen LogP contribution < -0.4 is 20.5 Å². The lowest BCUT2D eigenvalue weighted by molar-refractivity contribution is 0.1000. The van der Waals surface area contributed by atoms with Gasteiger partial charge in [-0.25, -0.2) is 0 Å². The van der Waals surface area contributed by atoms with Crippen molar-refractivity contribution in [2.75, 3.05) is 26.3 Å². The number of primary amides is 1. The van der Waals surface area contributed by atoms with Gasteiger partial charge in [-0.3, -0.25) is 4.79 Å². The first-order chi connectivity index (χ1) is 11.6. The van der Waals surface area contributed by atoms with E-state index in [2.05, 4.69) is 5.32 Å². The molecule has 2 aromatic rings. The van der Waals surface area contributed by atoms with Crippen molar-refractivity contribution in [1.29, 1.82) is 0 Å². The van der Waals surface area contributed by atoms with Gasteiger partial charge in [-0.05, 0) is 42.6 Å². The minimum Gasteiger partial charge on any atom is -0.492 e. The maximum Gasteiger partial charge on any atom is 0.248 e. The molecule has 0 saturated heterocycles. The van der Waals surface area contributed by atoms with E-state index in [4.69, 9.17) is 15.2 Å². The van der Waals surface area contributed by atoms with Gasteiger partial charge < -0.3 is 25.6 Å². The highest BCUT2D eigenvalue weighted by atomic mass is 32.1. The molecule has 1 heterocycles. The molecule has 0 aliphatic carbocycles. The van der Waals surface area contributed by atoms with Gasteiger partial charge in [0.15, 0.2) is 5.06 Å². The van der Waals surface area contributed by atoms with Crippen molar-refractivity contribution in [1.82, 2.24) is 5.32 Å². The van der Waals surface area contributed by atoms with Crippen LogP contribution in [0.2, 0.25) is 0 Å². The SMILES string of the molecule is Cc1ccsc1OCC(O)CNCCOc1ccc(C(N)=O)cc1. The molecule has 0 aliphatic heterocycles. The number of amides is 1. The fraction of sp³-hybridized carbons (Fsp3) is 0.353. The fourth-order valence-electron chi connectivity index (χ4n) is 1.96. The number of rotatable bonds is 10. The Morgan fingerprint density at radius 1 is 1.29 bits per heavy atom. The molecule has 130 valence electrons. The summed E-state index contributed by atoms with van der Waals surface area (Å²) >= 11 is 1.52. The second-order valence-electron chi connectivity index (χ2n) is 5.30. The van der Waals surface area contributed by atoms with Gasteiger partial charge in [-0.15, -0.1) is 11.3 Å². The summed E-state index contributed by atoms with van der Waals surface area (Å²) < 4.78 is 11.1. The lowest BCUT2D eigenvalue weighted by Gasteiger charge is -2.13. The predicted molar refractivity (Wildman–Crippen MR) is 93.9 cm³/mol. The van der Waals surface area contributed by atoms with E-state index in [9.17, 15) is 9.90 Å². The Morgan fingerprint density at radius 2 is 2.04 bits per heavy atom. The van der Waals surface area contributed by atoms with E-state index in [-0.39, 0.29) is 6.61 Å². The van der Waals surface area contributed by atoms with Gasteiger partial charge in [0.05, 0.1) is 0 Å². The highest BCUT2D eigenvalue weighted by molar-refractivity contribution is 7.12. The summed E-state index contributed by atoms with van der Waals surface area (Å²) in [4.78, 5) is 11.0. The molecular weight excluding hydrogens is 328 g/mol. The Kier molecular flexibility index (Phi) is 7.05. The standard InChI is InChI=1S/C17H22N2O4S/c1-12-6-9-24-17(12)23-11-14(20)10-19-7-8-22-15-4-2-13(3-5-15)16(18)21/h2-6,9,14,19-20H,7-8,10-11H2,1H3,(H2,18,21). The van der Waals surface area contributed by atoms with Crippen molar-refractivity contribution in [2.45, 2.75) is 13.0 Å². The maximum atomic E-state index is 11.0. The molecule has 0 aliphatic rings. The molecule has 2 rings (SSSR count). The molecule has 1 unspecified atom stereocenters. The van der Waals surface area contributed by atoms with Crippen LogP contribution in [0.15, 0.2) is 35.7 Å². The number of carbonyl (C=O) groups excluding carboxylic acids is 1. The van der Waals surface area contributed by atoms with Crippen molar-refractivity contribution >= 4 is 17.2 Å². The molecule has 1 atom stereocenters. The molecule has 0 spiro atoms. The number of ether oxygens (including phenoxy) is 2. The summed E-state index contributed by atoms with van der Waals surface area (Å²) in [5.41, 5.74) is 6.70. The van der Waals surface area contributed by atoms with Crippen LogP contribution in [-0.2, 0) is 0 Å². The van der Waals surface area contributed by atoms with Crippen molar-refractivity contribution in [2.24, 2.45) is 5.73 Å². The summed E-state index contributed by atoms with van der Waals surface area (Å²) in [6.07, 6.45) is -0.582. The number of carbonyl (C=O) groups is 1. The first-order valence-corrected chi connectivity index (χ1v) is 8.52. The van der Waals surface area contributed by atoms with E-state index in [1.807, 2.05) is 18.4 Å². The quantitative estimate of drug-likeness (QED) is 0.566. The molecule has 24 heavy (non-hydrogen) atoms. The zero-order chi connectivity index (χ0) is 17.4. The summed E-state index contributed by atoms with van der Waals surface area (Å²) in [5, 5.41) is 15.8. The Balaban J connectivity index is 1.57. The third kappa shape index (κ3) is 5.84. The number of aliphatic hydroxyl groups excluding tert-OH is 1. The second kappa shape index (κ2) is 9.27. The Morgan fingerprint density at radius 3 is 2.67 bits per heavy atom. The first-order valence-electron chi connectivity index (χ1n) is 7.64. The topological polar surface area (TPSA) is 93.8 Å². The highest BCUT2D eigenvalue weighted by Crippen LogP contribution is 2.24. The summed E-state index contributed by atoms with van der Waals surface area (Å²) in [6.45, 7) is 3.70. The minimum absolute atomic E-state index is 0.254. The van der Waals surface area contributed by atoms with Gasteiger partial charge in [-0.1, -0.05) is 0 Å². The van der Waals surface area contributed by atoms with Gasteiger partial charge >= 0.3 is 0 Å². The van der Waals surface area contributed by atoms with Crippen LogP contribution in [0.3, 0.4) is 0 Å². The van der Waals surface area contributed by atoms with Gasteiger partial charge in [0.1, 0.15) is 25.1 Å². The molecule has 0 bridgehead atoms. The van der Waals surface area contributed by atoms with E-state index < -0.39 is 12.0 Å². The first kappa shape index (κ1) is 18.3. The number of hydrogen-bond donors (Lipinski definition) is 3. The van der Waals surface area contributed by atoms with Crippen LogP contribution >= 0.6 is 11.3 Å². The maximum absolute atomic E-state index is 11.0. The van der Waals surface area contributed by atoms with E-state index in [0.29, 0.717) is 31.0 Å². The molecule has 4 N–H and O–H groups in total. The number of aliphatic hydroxyl groups is 1. The fourth-order valence-corrected chi connectivity index (χ4v) is 2.75. The van der Waals surface area contributed by atoms with Crippen molar-refractivity contribution in [3.63, 3.8) is 0 Å². The van der Waals surface area contributed by atoms with Crippen molar-refractivity contribution in [3.05, 3.63) is 46.8 Å². The molecule has 0 saturated carbocycles. The zero-order valence-corrected chi connectivity index (χ0v) is 14.3. The van der Waals surface area contributed by atoms with Gasteiger partial charge in [0.25, 0.3) is 0 Å². The zero-order valence-electron chi connectivity index (χ0n) is 13.5. The van der Waals surface area contributed by atoms with Crippen molar-refractivity contribution < 1.29 is 19.4 Å². The number of thiophene rings is 1. The van der Waals surface area contributed by atoms with Gasteiger partial charge in [0, 0.05) is 24.2 Å². The predicted octanol–water partition coefficient (Wildman–Crippen LogP) is 1.56. The third-order valence-electron chi connectivity index (χ3n) is 3.29. The number of nitrogens with one attached hydrogen (secondary N) is 1.